The second kappa shape index (κ2) is 7.22. The van der Waals surface area contributed by atoms with Gasteiger partial charge in [0.25, 0.3) is 11.8 Å². The van der Waals surface area contributed by atoms with Crippen LogP contribution in [0.5, 0.6) is 0 Å². The van der Waals surface area contributed by atoms with Gasteiger partial charge in [-0.25, -0.2) is 8.42 Å². The van der Waals surface area contributed by atoms with E-state index < -0.39 is 33.5 Å². The molecule has 0 unspecified atom stereocenters. The smallest absolute Gasteiger partial charge is 0.305 e. The number of furan rings is 1. The lowest BCUT2D eigenvalue weighted by Crippen LogP contribution is -2.45. The molecule has 0 saturated carbocycles. The van der Waals surface area contributed by atoms with Gasteiger partial charge in [0.1, 0.15) is 0 Å². The van der Waals surface area contributed by atoms with Crippen LogP contribution in [0.1, 0.15) is 41.6 Å². The van der Waals surface area contributed by atoms with E-state index in [1.807, 2.05) is 0 Å². The first kappa shape index (κ1) is 20.0. The SMILES string of the molecule is O=C([O-])c1ccc(S(=O)(=O)c2ccc3c(c2)C(=O)N(NC(=O)c2ccco2)C3=O)cc1. The second-order valence-electron chi connectivity index (χ2n) is 6.39. The molecule has 0 fully saturated rings. The molecule has 10 nitrogen and oxygen atoms in total. The number of benzene rings is 2. The average Bonchev–Trinajstić information content (AvgIpc) is 3.37. The first-order valence-corrected chi connectivity index (χ1v) is 10.1. The Labute approximate surface area is 174 Å². The molecule has 0 bridgehead atoms. The molecule has 31 heavy (non-hydrogen) atoms. The summed E-state index contributed by atoms with van der Waals surface area (Å²) in [4.78, 5) is 47.6. The Morgan fingerprint density at radius 3 is 2.16 bits per heavy atom. The quantitative estimate of drug-likeness (QED) is 0.561. The van der Waals surface area contributed by atoms with Crippen LogP contribution in [0, 0.1) is 0 Å². The predicted octanol–water partition coefficient (Wildman–Crippen LogP) is 0.417. The van der Waals surface area contributed by atoms with E-state index in [4.69, 9.17) is 4.42 Å². The number of hydrogen-bond donors (Lipinski definition) is 1. The maximum absolute atomic E-state index is 12.9. The number of hydrogen-bond acceptors (Lipinski definition) is 8. The second-order valence-corrected chi connectivity index (χ2v) is 8.34. The summed E-state index contributed by atoms with van der Waals surface area (Å²) in [6.45, 7) is 0. The molecule has 1 aliphatic heterocycles. The molecule has 156 valence electrons. The Balaban J connectivity index is 1.65. The summed E-state index contributed by atoms with van der Waals surface area (Å²) >= 11 is 0. The van der Waals surface area contributed by atoms with Crippen molar-refractivity contribution in [3.8, 4) is 0 Å². The van der Waals surface area contributed by atoms with Crippen LogP contribution in [0.2, 0.25) is 0 Å². The van der Waals surface area contributed by atoms with Crippen molar-refractivity contribution in [1.29, 1.82) is 0 Å². The van der Waals surface area contributed by atoms with Gasteiger partial charge in [-0.15, -0.1) is 0 Å². The van der Waals surface area contributed by atoms with Crippen molar-refractivity contribution in [2.24, 2.45) is 0 Å². The molecule has 1 aliphatic rings. The number of carboxylic acids is 1. The molecule has 3 aromatic rings. The highest BCUT2D eigenvalue weighted by Gasteiger charge is 2.38. The Bertz CT molecular complexity index is 1340. The number of nitrogens with one attached hydrogen (secondary N) is 1. The van der Waals surface area contributed by atoms with Crippen LogP contribution in [0.3, 0.4) is 0 Å². The van der Waals surface area contributed by atoms with Gasteiger partial charge < -0.3 is 14.3 Å². The standard InChI is InChI=1S/C20H12N2O8S/c23-17(16-2-1-9-30-16)21-22-18(24)14-8-7-13(10-15(14)19(22)25)31(28,29)12-5-3-11(4-6-12)20(26)27/h1-10H,(H,21,23)(H,26,27)/p-1. The summed E-state index contributed by atoms with van der Waals surface area (Å²) in [7, 11) is -4.12. The van der Waals surface area contributed by atoms with Crippen molar-refractivity contribution in [1.82, 2.24) is 10.4 Å². The molecule has 0 spiro atoms. The van der Waals surface area contributed by atoms with Gasteiger partial charge >= 0.3 is 5.91 Å². The molecule has 3 amide bonds. The zero-order valence-electron chi connectivity index (χ0n) is 15.4. The lowest BCUT2D eigenvalue weighted by atomic mass is 10.1. The van der Waals surface area contributed by atoms with Crippen LogP contribution in [0.25, 0.3) is 0 Å². The van der Waals surface area contributed by atoms with E-state index in [1.165, 1.54) is 18.4 Å². The van der Waals surface area contributed by atoms with Crippen molar-refractivity contribution >= 4 is 33.5 Å². The van der Waals surface area contributed by atoms with Crippen LogP contribution >= 0.6 is 0 Å². The maximum atomic E-state index is 12.9. The Morgan fingerprint density at radius 1 is 0.903 bits per heavy atom. The molecule has 1 N–H and O–H groups in total. The van der Waals surface area contributed by atoms with E-state index >= 15 is 0 Å². The molecule has 1 aromatic heterocycles. The number of carbonyl (C=O) groups is 4. The van der Waals surface area contributed by atoms with Crippen molar-refractivity contribution in [3.63, 3.8) is 0 Å². The Morgan fingerprint density at radius 2 is 1.55 bits per heavy atom. The summed E-state index contributed by atoms with van der Waals surface area (Å²) < 4.78 is 30.6. The minimum Gasteiger partial charge on any atom is -0.545 e. The fourth-order valence-electron chi connectivity index (χ4n) is 2.96. The molecule has 2 aromatic carbocycles. The first-order valence-electron chi connectivity index (χ1n) is 8.64. The number of nitrogens with zero attached hydrogens (tertiary/aromatic N) is 1. The lowest BCUT2D eigenvalue weighted by Gasteiger charge is -2.13. The number of imide groups is 1. The van der Waals surface area contributed by atoms with Gasteiger partial charge in [0.05, 0.1) is 33.2 Å². The minimum atomic E-state index is -4.12. The van der Waals surface area contributed by atoms with E-state index in [0.29, 0.717) is 5.01 Å². The molecule has 0 saturated heterocycles. The molecular formula is C20H11N2O8S-. The van der Waals surface area contributed by atoms with Gasteiger partial charge in [-0.3, -0.25) is 19.8 Å². The summed E-state index contributed by atoms with van der Waals surface area (Å²) in [6.07, 6.45) is 1.24. The monoisotopic (exact) mass is 439 g/mol. The van der Waals surface area contributed by atoms with Gasteiger partial charge in [-0.05, 0) is 48.0 Å². The van der Waals surface area contributed by atoms with Gasteiger partial charge in [-0.1, -0.05) is 12.1 Å². The first-order chi connectivity index (χ1) is 14.7. The Kier molecular flexibility index (Phi) is 4.67. The third-order valence-corrected chi connectivity index (χ3v) is 6.29. The molecular weight excluding hydrogens is 428 g/mol. The molecule has 0 atom stereocenters. The number of sulfone groups is 1. The van der Waals surface area contributed by atoms with E-state index in [1.54, 1.807) is 0 Å². The number of rotatable bonds is 5. The summed E-state index contributed by atoms with van der Waals surface area (Å²) in [5.41, 5.74) is 1.63. The average molecular weight is 439 g/mol. The van der Waals surface area contributed by atoms with E-state index in [2.05, 4.69) is 5.43 Å². The van der Waals surface area contributed by atoms with E-state index in [9.17, 15) is 32.7 Å². The van der Waals surface area contributed by atoms with Crippen molar-refractivity contribution < 1.29 is 37.1 Å². The van der Waals surface area contributed by atoms with Crippen LogP contribution in [0.15, 0.2) is 75.1 Å². The maximum Gasteiger partial charge on any atom is 0.305 e. The number of carboxylic acid groups (broad SMARTS) is 1. The van der Waals surface area contributed by atoms with E-state index in [-0.39, 0.29) is 32.2 Å². The van der Waals surface area contributed by atoms with Gasteiger partial charge in [0, 0.05) is 0 Å². The van der Waals surface area contributed by atoms with Crippen LogP contribution < -0.4 is 10.5 Å². The summed E-state index contributed by atoms with van der Waals surface area (Å²) in [6, 6.07) is 10.5. The number of carbonyl (C=O) groups excluding carboxylic acids is 4. The lowest BCUT2D eigenvalue weighted by molar-refractivity contribution is -0.255. The molecule has 0 aliphatic carbocycles. The number of aromatic carboxylic acids is 1. The zero-order chi connectivity index (χ0) is 22.3. The van der Waals surface area contributed by atoms with Gasteiger partial charge in [-0.2, -0.15) is 5.01 Å². The highest BCUT2D eigenvalue weighted by molar-refractivity contribution is 7.91. The van der Waals surface area contributed by atoms with Gasteiger partial charge in [0.15, 0.2) is 5.76 Å². The zero-order valence-corrected chi connectivity index (χ0v) is 16.2. The highest BCUT2D eigenvalue weighted by Crippen LogP contribution is 2.28. The van der Waals surface area contributed by atoms with Crippen LogP contribution in [-0.2, 0) is 9.84 Å². The molecule has 2 heterocycles. The largest absolute Gasteiger partial charge is 0.545 e. The summed E-state index contributed by atoms with van der Waals surface area (Å²) in [5, 5.41) is 11.3. The third kappa shape index (κ3) is 3.36. The Hall–Kier alpha value is -4.25. The number of fused-ring (bicyclic) bond motifs is 1. The third-order valence-electron chi connectivity index (χ3n) is 4.53. The van der Waals surface area contributed by atoms with Crippen molar-refractivity contribution in [2.45, 2.75) is 9.79 Å². The normalized spacial score (nSPS) is 13.2. The van der Waals surface area contributed by atoms with Crippen LogP contribution in [-0.4, -0.2) is 37.1 Å². The van der Waals surface area contributed by atoms with Crippen molar-refractivity contribution in [3.05, 3.63) is 83.3 Å². The predicted molar refractivity (Wildman–Crippen MR) is 99.3 cm³/mol. The molecule has 0 radical (unpaired) electrons. The van der Waals surface area contributed by atoms with Crippen molar-refractivity contribution in [2.75, 3.05) is 0 Å². The molecule has 4 rings (SSSR count). The molecule has 11 heteroatoms. The topological polar surface area (TPSA) is 154 Å². The van der Waals surface area contributed by atoms with Crippen LogP contribution in [0.4, 0.5) is 0 Å². The highest BCUT2D eigenvalue weighted by atomic mass is 32.2. The fraction of sp³-hybridized carbons (Fsp3) is 0. The summed E-state index contributed by atoms with van der Waals surface area (Å²) in [5.74, 6) is -4.16. The number of amides is 3. The van der Waals surface area contributed by atoms with Gasteiger partial charge in [0.2, 0.25) is 9.84 Å². The number of hydrazine groups is 1. The van der Waals surface area contributed by atoms with E-state index in [0.717, 1.165) is 42.5 Å². The fourth-order valence-corrected chi connectivity index (χ4v) is 4.25. The minimum absolute atomic E-state index is 0.0870.